The second kappa shape index (κ2) is 11.5. The first-order chi connectivity index (χ1) is 17.5. The third-order valence-electron chi connectivity index (χ3n) is 5.83. The van der Waals surface area contributed by atoms with E-state index in [0.717, 1.165) is 34.7 Å². The number of halogens is 2. The molecule has 3 aromatic heterocycles. The average Bonchev–Trinajstić information content (AvgIpc) is 3.59. The number of thiazole rings is 1. The van der Waals surface area contributed by atoms with Crippen molar-refractivity contribution >= 4 is 68.7 Å². The number of anilines is 1. The number of rotatable bonds is 9. The topological polar surface area (TPSA) is 72.7 Å². The molecule has 5 rings (SSSR count). The van der Waals surface area contributed by atoms with Gasteiger partial charge in [-0.05, 0) is 48.9 Å². The van der Waals surface area contributed by atoms with Gasteiger partial charge in [-0.3, -0.25) is 9.36 Å². The largest absolute Gasteiger partial charge is 0.301 e. The molecule has 0 bridgehead atoms. The Balaban J connectivity index is 1.22. The van der Waals surface area contributed by atoms with Crippen LogP contribution in [0.2, 0.25) is 10.0 Å². The molecule has 1 N–H and O–H groups in total. The van der Waals surface area contributed by atoms with Crippen LogP contribution >= 0.6 is 57.6 Å². The Morgan fingerprint density at radius 2 is 2.08 bits per heavy atom. The fraction of sp³-hybridized carbons (Fsp3) is 0.280. The summed E-state index contributed by atoms with van der Waals surface area (Å²) in [4.78, 5) is 19.5. The molecule has 0 radical (unpaired) electrons. The van der Waals surface area contributed by atoms with Crippen molar-refractivity contribution in [3.63, 3.8) is 0 Å². The van der Waals surface area contributed by atoms with E-state index in [9.17, 15) is 4.79 Å². The van der Waals surface area contributed by atoms with Crippen LogP contribution in [0.3, 0.4) is 0 Å². The van der Waals surface area contributed by atoms with E-state index >= 15 is 0 Å². The first-order valence-electron chi connectivity index (χ1n) is 11.5. The Hall–Kier alpha value is -2.17. The lowest BCUT2D eigenvalue weighted by molar-refractivity contribution is -0.113. The molecule has 1 amide bonds. The van der Waals surface area contributed by atoms with Crippen molar-refractivity contribution in [3.8, 4) is 11.4 Å². The Kier molecular flexibility index (Phi) is 8.12. The molecule has 1 aliphatic rings. The lowest BCUT2D eigenvalue weighted by Crippen LogP contribution is -2.14. The van der Waals surface area contributed by atoms with E-state index in [1.165, 1.54) is 46.4 Å². The fourth-order valence-electron chi connectivity index (χ4n) is 4.15. The van der Waals surface area contributed by atoms with Gasteiger partial charge in [0.05, 0.1) is 15.8 Å². The number of nitrogens with zero attached hydrogens (tertiary/aromatic N) is 4. The fourth-order valence-corrected chi connectivity index (χ4v) is 7.21. The standard InChI is InChI=1S/C25H23Cl2N5OS3/c1-2-9-32-23(18-13-34-21-6-4-3-5-17(18)21)30-31-25(32)35-14-22(33)29-24-28-12-16(36-24)10-15-7-8-19(26)20(27)11-15/h2,7-8,11-13H,1,3-6,9-10,14H2,(H,28,29,33). The zero-order valence-electron chi connectivity index (χ0n) is 19.3. The number of aromatic nitrogens is 4. The molecule has 1 aromatic carbocycles. The maximum atomic E-state index is 12.7. The highest BCUT2D eigenvalue weighted by Crippen LogP contribution is 2.37. The summed E-state index contributed by atoms with van der Waals surface area (Å²) >= 11 is 16.7. The van der Waals surface area contributed by atoms with Crippen molar-refractivity contribution in [2.75, 3.05) is 11.1 Å². The number of amides is 1. The van der Waals surface area contributed by atoms with Crippen molar-refractivity contribution in [3.05, 3.63) is 73.4 Å². The van der Waals surface area contributed by atoms with Gasteiger partial charge in [0.15, 0.2) is 16.1 Å². The van der Waals surface area contributed by atoms with Crippen LogP contribution in [0.4, 0.5) is 5.13 Å². The Morgan fingerprint density at radius 3 is 2.92 bits per heavy atom. The van der Waals surface area contributed by atoms with Crippen LogP contribution in [0.5, 0.6) is 0 Å². The van der Waals surface area contributed by atoms with Gasteiger partial charge in [-0.2, -0.15) is 0 Å². The van der Waals surface area contributed by atoms with Crippen LogP contribution in [-0.2, 0) is 30.6 Å². The van der Waals surface area contributed by atoms with E-state index in [1.54, 1.807) is 12.3 Å². The minimum absolute atomic E-state index is 0.141. The first-order valence-corrected chi connectivity index (χ1v) is 14.9. The van der Waals surface area contributed by atoms with Crippen molar-refractivity contribution in [2.45, 2.75) is 43.8 Å². The van der Waals surface area contributed by atoms with Crippen LogP contribution in [0.1, 0.15) is 33.7 Å². The lowest BCUT2D eigenvalue weighted by Gasteiger charge is -2.13. The van der Waals surface area contributed by atoms with Crippen LogP contribution in [0.15, 0.2) is 47.6 Å². The average molecular weight is 577 g/mol. The summed E-state index contributed by atoms with van der Waals surface area (Å²) < 4.78 is 2.04. The van der Waals surface area contributed by atoms with Crippen molar-refractivity contribution in [2.24, 2.45) is 0 Å². The monoisotopic (exact) mass is 575 g/mol. The summed E-state index contributed by atoms with van der Waals surface area (Å²) in [5.41, 5.74) is 3.60. The van der Waals surface area contributed by atoms with E-state index in [0.29, 0.717) is 33.3 Å². The second-order valence-corrected chi connectivity index (χ2v) is 12.2. The normalized spacial score (nSPS) is 12.9. The van der Waals surface area contributed by atoms with Crippen molar-refractivity contribution < 1.29 is 4.79 Å². The van der Waals surface area contributed by atoms with Gasteiger partial charge in [-0.25, -0.2) is 4.98 Å². The number of benzene rings is 1. The van der Waals surface area contributed by atoms with Gasteiger partial charge in [-0.1, -0.05) is 47.1 Å². The summed E-state index contributed by atoms with van der Waals surface area (Å²) in [6.07, 6.45) is 8.95. The summed E-state index contributed by atoms with van der Waals surface area (Å²) in [6.45, 7) is 4.48. The number of aryl methyl sites for hydroxylation is 1. The highest BCUT2D eigenvalue weighted by molar-refractivity contribution is 7.99. The number of thiophene rings is 1. The van der Waals surface area contributed by atoms with Crippen LogP contribution < -0.4 is 5.32 Å². The minimum atomic E-state index is -0.141. The van der Waals surface area contributed by atoms with Crippen LogP contribution in [-0.4, -0.2) is 31.4 Å². The molecule has 186 valence electrons. The molecule has 4 aromatic rings. The highest BCUT2D eigenvalue weighted by Gasteiger charge is 2.22. The molecule has 0 atom stereocenters. The van der Waals surface area contributed by atoms with Crippen LogP contribution in [0.25, 0.3) is 11.4 Å². The predicted octanol–water partition coefficient (Wildman–Crippen LogP) is 7.16. The minimum Gasteiger partial charge on any atom is -0.301 e. The van der Waals surface area contributed by atoms with Gasteiger partial charge in [0.2, 0.25) is 5.91 Å². The molecule has 0 saturated heterocycles. The molecule has 6 nitrogen and oxygen atoms in total. The zero-order valence-corrected chi connectivity index (χ0v) is 23.3. The lowest BCUT2D eigenvalue weighted by atomic mass is 9.95. The molecule has 0 aliphatic heterocycles. The smallest absolute Gasteiger partial charge is 0.236 e. The highest BCUT2D eigenvalue weighted by atomic mass is 35.5. The molecule has 1 aliphatic carbocycles. The number of hydrogen-bond donors (Lipinski definition) is 1. The number of allylic oxidation sites excluding steroid dienone is 1. The van der Waals surface area contributed by atoms with E-state index in [2.05, 4.69) is 32.5 Å². The Morgan fingerprint density at radius 1 is 1.22 bits per heavy atom. The number of thioether (sulfide) groups is 1. The molecule has 0 unspecified atom stereocenters. The Bertz CT molecular complexity index is 1410. The first kappa shape index (κ1) is 25.5. The number of carbonyl (C=O) groups excluding carboxylic acids is 1. The van der Waals surface area contributed by atoms with E-state index < -0.39 is 0 Å². The summed E-state index contributed by atoms with van der Waals surface area (Å²) in [6, 6.07) is 5.56. The van der Waals surface area contributed by atoms with E-state index in [-0.39, 0.29) is 11.7 Å². The van der Waals surface area contributed by atoms with Crippen LogP contribution in [0, 0.1) is 0 Å². The Labute approximate surface area is 231 Å². The van der Waals surface area contributed by atoms with Gasteiger partial charge in [0.25, 0.3) is 0 Å². The van der Waals surface area contributed by atoms with Gasteiger partial charge >= 0.3 is 0 Å². The number of hydrogen-bond acceptors (Lipinski definition) is 7. The molecule has 36 heavy (non-hydrogen) atoms. The van der Waals surface area contributed by atoms with E-state index in [1.807, 2.05) is 34.1 Å². The number of nitrogens with one attached hydrogen (secondary N) is 1. The van der Waals surface area contributed by atoms with Crippen molar-refractivity contribution in [1.82, 2.24) is 19.7 Å². The van der Waals surface area contributed by atoms with Crippen molar-refractivity contribution in [1.29, 1.82) is 0 Å². The molecule has 0 saturated carbocycles. The van der Waals surface area contributed by atoms with E-state index in [4.69, 9.17) is 23.2 Å². The molecule has 0 spiro atoms. The third kappa shape index (κ3) is 5.70. The molecule has 0 fully saturated rings. The number of carbonyl (C=O) groups is 1. The van der Waals surface area contributed by atoms with Gasteiger partial charge in [0, 0.05) is 39.9 Å². The second-order valence-electron chi connectivity index (χ2n) is 8.36. The molecule has 3 heterocycles. The SMILES string of the molecule is C=CCn1c(SCC(=O)Nc2ncc(Cc3ccc(Cl)c(Cl)c3)s2)nnc1-c1csc2c1CCCC2. The van der Waals surface area contributed by atoms with Gasteiger partial charge in [0.1, 0.15) is 0 Å². The quantitative estimate of drug-likeness (QED) is 0.169. The zero-order chi connectivity index (χ0) is 25.1. The molecular formula is C25H23Cl2N5OS3. The summed E-state index contributed by atoms with van der Waals surface area (Å²) in [7, 11) is 0. The molecular weight excluding hydrogens is 553 g/mol. The maximum Gasteiger partial charge on any atom is 0.236 e. The van der Waals surface area contributed by atoms with Gasteiger partial charge in [-0.15, -0.1) is 39.4 Å². The summed E-state index contributed by atoms with van der Waals surface area (Å²) in [5.74, 6) is 0.917. The summed E-state index contributed by atoms with van der Waals surface area (Å²) in [5, 5.41) is 16.3. The maximum absolute atomic E-state index is 12.7. The van der Waals surface area contributed by atoms with Gasteiger partial charge < -0.3 is 5.32 Å². The third-order valence-corrected chi connectivity index (χ3v) is 9.53. The molecule has 11 heteroatoms. The predicted molar refractivity (Wildman–Crippen MR) is 151 cm³/mol. The number of fused-ring (bicyclic) bond motifs is 1.